The highest BCUT2D eigenvalue weighted by Crippen LogP contribution is 2.27. The minimum Gasteiger partial charge on any atom is -0.453 e. The Morgan fingerprint density at radius 2 is 1.79 bits per heavy atom. The van der Waals surface area contributed by atoms with Crippen LogP contribution in [-0.4, -0.2) is 76.5 Å². The normalized spacial score (nSPS) is 14.5. The highest BCUT2D eigenvalue weighted by atomic mass is 35.5. The van der Waals surface area contributed by atoms with Crippen molar-refractivity contribution < 1.29 is 14.3 Å². The topological polar surface area (TPSA) is 85.9 Å². The van der Waals surface area contributed by atoms with Crippen molar-refractivity contribution in [3.8, 4) is 0 Å². The molecule has 222 valence electrons. The molecule has 3 amide bonds. The number of unbranched alkanes of at least 4 members (excludes halogenated alkanes) is 1. The number of carbonyl (C=O) groups excluding carboxylic acids is 2. The molecular formula is C30H52ClN5O3. The van der Waals surface area contributed by atoms with Gasteiger partial charge in [0.05, 0.1) is 7.11 Å². The number of carbonyl (C=O) groups is 2. The van der Waals surface area contributed by atoms with Gasteiger partial charge in [-0.1, -0.05) is 56.7 Å². The lowest BCUT2D eigenvalue weighted by molar-refractivity contribution is 0.171. The molecule has 1 fully saturated rings. The van der Waals surface area contributed by atoms with Crippen molar-refractivity contribution in [3.63, 3.8) is 0 Å². The molecule has 3 N–H and O–H groups in total. The summed E-state index contributed by atoms with van der Waals surface area (Å²) in [5.74, 6) is 0.723. The van der Waals surface area contributed by atoms with E-state index in [4.69, 9.17) is 11.6 Å². The number of amides is 3. The number of ether oxygens (including phenoxy) is 1. The molecule has 0 aromatic heterocycles. The predicted octanol–water partition coefficient (Wildman–Crippen LogP) is 5.96. The molecular weight excluding hydrogens is 514 g/mol. The van der Waals surface area contributed by atoms with Crippen LogP contribution in [-0.2, 0) is 4.74 Å². The first-order valence-electron chi connectivity index (χ1n) is 14.9. The lowest BCUT2D eigenvalue weighted by atomic mass is 9.85. The SMILES string of the molecule is CCCN(CCCCN(CCCNC(=O)OC)c1cc(Cl)ccc1C)C(=O)N[C@H](CNC)CC1CCCCC1. The number of hydrogen-bond acceptors (Lipinski definition) is 5. The number of aryl methyl sites for hydroxylation is 1. The maximum absolute atomic E-state index is 13.3. The van der Waals surface area contributed by atoms with E-state index in [2.05, 4.69) is 39.4 Å². The highest BCUT2D eigenvalue weighted by Gasteiger charge is 2.22. The van der Waals surface area contributed by atoms with Gasteiger partial charge < -0.3 is 30.5 Å². The summed E-state index contributed by atoms with van der Waals surface area (Å²) in [5, 5.41) is 10.1. The molecule has 0 heterocycles. The van der Waals surface area contributed by atoms with Crippen LogP contribution in [0.15, 0.2) is 18.2 Å². The number of methoxy groups -OCH3 is 1. The van der Waals surface area contributed by atoms with Crippen molar-refractivity contribution in [2.75, 3.05) is 58.3 Å². The van der Waals surface area contributed by atoms with E-state index >= 15 is 0 Å². The van der Waals surface area contributed by atoms with Gasteiger partial charge >= 0.3 is 12.1 Å². The number of rotatable bonds is 17. The third-order valence-corrected chi connectivity index (χ3v) is 7.81. The smallest absolute Gasteiger partial charge is 0.406 e. The molecule has 39 heavy (non-hydrogen) atoms. The summed E-state index contributed by atoms with van der Waals surface area (Å²) in [6.45, 7) is 8.71. The van der Waals surface area contributed by atoms with Crippen molar-refractivity contribution in [1.29, 1.82) is 0 Å². The van der Waals surface area contributed by atoms with Crippen LogP contribution in [0, 0.1) is 12.8 Å². The number of nitrogens with zero attached hydrogens (tertiary/aromatic N) is 2. The molecule has 1 aromatic carbocycles. The molecule has 8 nitrogen and oxygen atoms in total. The largest absolute Gasteiger partial charge is 0.453 e. The molecule has 2 rings (SSSR count). The van der Waals surface area contributed by atoms with E-state index in [0.29, 0.717) is 11.6 Å². The Morgan fingerprint density at radius 3 is 2.49 bits per heavy atom. The van der Waals surface area contributed by atoms with Crippen LogP contribution < -0.4 is 20.9 Å². The van der Waals surface area contributed by atoms with Crippen molar-refractivity contribution >= 4 is 29.4 Å². The number of anilines is 1. The number of alkyl carbamates (subject to hydrolysis) is 1. The minimum atomic E-state index is -0.412. The number of hydrogen-bond donors (Lipinski definition) is 3. The third-order valence-electron chi connectivity index (χ3n) is 7.58. The number of benzene rings is 1. The second kappa shape index (κ2) is 19.0. The van der Waals surface area contributed by atoms with Crippen LogP contribution in [0.5, 0.6) is 0 Å². The maximum Gasteiger partial charge on any atom is 0.406 e. The summed E-state index contributed by atoms with van der Waals surface area (Å²) < 4.78 is 4.67. The molecule has 9 heteroatoms. The molecule has 0 bridgehead atoms. The zero-order chi connectivity index (χ0) is 28.5. The predicted molar refractivity (Wildman–Crippen MR) is 162 cm³/mol. The number of nitrogens with one attached hydrogen (secondary N) is 3. The Morgan fingerprint density at radius 1 is 1.08 bits per heavy atom. The van der Waals surface area contributed by atoms with Gasteiger partial charge in [0, 0.05) is 56.0 Å². The molecule has 0 unspecified atom stereocenters. The molecule has 1 aliphatic carbocycles. The van der Waals surface area contributed by atoms with Gasteiger partial charge in [-0.15, -0.1) is 0 Å². The summed E-state index contributed by atoms with van der Waals surface area (Å²) in [4.78, 5) is 29.0. The van der Waals surface area contributed by atoms with Crippen LogP contribution in [0.2, 0.25) is 5.02 Å². The second-order valence-corrected chi connectivity index (χ2v) is 11.3. The van der Waals surface area contributed by atoms with E-state index in [-0.39, 0.29) is 12.1 Å². The van der Waals surface area contributed by atoms with E-state index in [0.717, 1.165) is 76.4 Å². The van der Waals surface area contributed by atoms with Gasteiger partial charge in [-0.3, -0.25) is 0 Å². The summed E-state index contributed by atoms with van der Waals surface area (Å²) in [6.07, 6.45) is 10.8. The van der Waals surface area contributed by atoms with Gasteiger partial charge in [-0.25, -0.2) is 9.59 Å². The Bertz CT molecular complexity index is 850. The molecule has 1 atom stereocenters. The summed E-state index contributed by atoms with van der Waals surface area (Å²) in [7, 11) is 3.33. The van der Waals surface area contributed by atoms with Crippen molar-refractivity contribution in [3.05, 3.63) is 28.8 Å². The van der Waals surface area contributed by atoms with Gasteiger partial charge in [-0.2, -0.15) is 0 Å². The van der Waals surface area contributed by atoms with Crippen LogP contribution >= 0.6 is 11.6 Å². The monoisotopic (exact) mass is 565 g/mol. The first kappa shape index (κ1) is 33.0. The molecule has 0 radical (unpaired) electrons. The number of urea groups is 1. The fourth-order valence-electron chi connectivity index (χ4n) is 5.53. The van der Waals surface area contributed by atoms with E-state index in [9.17, 15) is 9.59 Å². The van der Waals surface area contributed by atoms with Crippen molar-refractivity contribution in [2.45, 2.75) is 84.1 Å². The summed E-state index contributed by atoms with van der Waals surface area (Å²) >= 11 is 6.32. The quantitative estimate of drug-likeness (QED) is 0.203. The van der Waals surface area contributed by atoms with Crippen molar-refractivity contribution in [1.82, 2.24) is 20.9 Å². The minimum absolute atomic E-state index is 0.0596. The lowest BCUT2D eigenvalue weighted by Crippen LogP contribution is -2.49. The van der Waals surface area contributed by atoms with Crippen LogP contribution in [0.1, 0.15) is 76.7 Å². The Balaban J connectivity index is 1.91. The van der Waals surface area contributed by atoms with Gasteiger partial charge in [0.1, 0.15) is 0 Å². The standard InChI is InChI=1S/C30H52ClN5O3/c1-5-17-36(29(37)34-27(23-32-3)21-25-12-7-6-8-13-25)19-10-9-18-35(20-11-16-33-30(38)39-4)28-22-26(31)15-14-24(28)2/h14-15,22,25,27,32H,5-13,16-21,23H2,1-4H3,(H,33,38)(H,34,37)/t27-/m0/s1. The van der Waals surface area contributed by atoms with Crippen LogP contribution in [0.3, 0.4) is 0 Å². The molecule has 0 aliphatic heterocycles. The molecule has 1 aliphatic rings. The van der Waals surface area contributed by atoms with Gasteiger partial charge in [0.2, 0.25) is 0 Å². The van der Waals surface area contributed by atoms with Crippen LogP contribution in [0.4, 0.5) is 15.3 Å². The van der Waals surface area contributed by atoms with E-state index in [1.807, 2.05) is 30.1 Å². The Hall–Kier alpha value is -2.19. The van der Waals surface area contributed by atoms with Crippen molar-refractivity contribution in [2.24, 2.45) is 5.92 Å². The summed E-state index contributed by atoms with van der Waals surface area (Å²) in [5.41, 5.74) is 2.28. The number of halogens is 1. The lowest BCUT2D eigenvalue weighted by Gasteiger charge is -2.30. The van der Waals surface area contributed by atoms with Gasteiger partial charge in [-0.05, 0) is 69.7 Å². The molecule has 1 saturated carbocycles. The summed E-state index contributed by atoms with van der Waals surface area (Å²) in [6, 6.07) is 6.19. The van der Waals surface area contributed by atoms with Gasteiger partial charge in [0.25, 0.3) is 0 Å². The molecule has 0 saturated heterocycles. The van der Waals surface area contributed by atoms with E-state index in [1.54, 1.807) is 0 Å². The average Bonchev–Trinajstić information content (AvgIpc) is 2.93. The first-order valence-corrected chi connectivity index (χ1v) is 15.3. The zero-order valence-corrected chi connectivity index (χ0v) is 25.5. The second-order valence-electron chi connectivity index (χ2n) is 10.8. The fraction of sp³-hybridized carbons (Fsp3) is 0.733. The van der Waals surface area contributed by atoms with E-state index in [1.165, 1.54) is 44.8 Å². The maximum atomic E-state index is 13.3. The highest BCUT2D eigenvalue weighted by molar-refractivity contribution is 6.30. The first-order chi connectivity index (χ1) is 18.9. The van der Waals surface area contributed by atoms with E-state index < -0.39 is 6.09 Å². The Labute approximate surface area is 241 Å². The van der Waals surface area contributed by atoms with Gasteiger partial charge in [0.15, 0.2) is 0 Å². The molecule has 0 spiro atoms. The number of likely N-dealkylation sites (N-methyl/N-ethyl adjacent to an activating group) is 1. The average molecular weight is 566 g/mol. The third kappa shape index (κ3) is 12.7. The zero-order valence-electron chi connectivity index (χ0n) is 24.7. The van der Waals surface area contributed by atoms with Crippen LogP contribution in [0.25, 0.3) is 0 Å². The Kier molecular flexibility index (Phi) is 16.1. The fourth-order valence-corrected chi connectivity index (χ4v) is 5.70. The molecule has 1 aromatic rings.